The summed E-state index contributed by atoms with van der Waals surface area (Å²) in [5, 5.41) is 9.65. The predicted molar refractivity (Wildman–Crippen MR) is 93.4 cm³/mol. The van der Waals surface area contributed by atoms with Gasteiger partial charge < -0.3 is 14.8 Å². The fourth-order valence-corrected chi connectivity index (χ4v) is 3.15. The highest BCUT2D eigenvalue weighted by atomic mass is 32.1. The number of para-hydroxylation sites is 2. The topological polar surface area (TPSA) is 78.3 Å². The Morgan fingerprint density at radius 3 is 3.04 bits per heavy atom. The van der Waals surface area contributed by atoms with Crippen LogP contribution in [0.15, 0.2) is 42.0 Å². The first kappa shape index (κ1) is 15.6. The number of hydrogen-bond donors (Lipinski definition) is 1. The number of fused-ring (bicyclic) bond motifs is 1. The Balaban J connectivity index is 1.38. The molecule has 1 amide bonds. The molecular formula is C17H16N4O3S. The number of carbonyl (C=O) groups is 1. The van der Waals surface area contributed by atoms with Crippen LogP contribution in [0.3, 0.4) is 0 Å². The minimum atomic E-state index is -0.241. The number of amides is 1. The Labute approximate surface area is 148 Å². The second-order valence-electron chi connectivity index (χ2n) is 5.65. The van der Waals surface area contributed by atoms with Gasteiger partial charge in [0.05, 0.1) is 23.4 Å². The van der Waals surface area contributed by atoms with Crippen LogP contribution < -0.4 is 14.8 Å². The van der Waals surface area contributed by atoms with Crippen molar-refractivity contribution in [1.29, 1.82) is 0 Å². The molecular weight excluding hydrogens is 340 g/mol. The second-order valence-corrected chi connectivity index (χ2v) is 6.72. The van der Waals surface area contributed by atoms with Crippen molar-refractivity contribution >= 4 is 22.9 Å². The Bertz CT molecular complexity index is 905. The molecule has 0 fully saturated rings. The maximum Gasteiger partial charge on any atom is 0.275 e. The van der Waals surface area contributed by atoms with Gasteiger partial charge in [0, 0.05) is 11.6 Å². The number of benzene rings is 1. The molecule has 8 heteroatoms. The van der Waals surface area contributed by atoms with E-state index in [1.54, 1.807) is 22.5 Å². The van der Waals surface area contributed by atoms with Crippen molar-refractivity contribution in [3.05, 3.63) is 52.7 Å². The molecule has 0 spiro atoms. The smallest absolute Gasteiger partial charge is 0.275 e. The van der Waals surface area contributed by atoms with Crippen LogP contribution in [0.5, 0.6) is 11.5 Å². The number of aromatic nitrogens is 3. The minimum Gasteiger partial charge on any atom is -0.486 e. The largest absolute Gasteiger partial charge is 0.486 e. The fourth-order valence-electron chi connectivity index (χ4n) is 2.55. The molecule has 4 rings (SSSR count). The molecule has 1 unspecified atom stereocenters. The molecule has 2 aromatic heterocycles. The van der Waals surface area contributed by atoms with Gasteiger partial charge in [0.1, 0.15) is 12.3 Å². The number of nitrogens with zero attached hydrogens (tertiary/aromatic N) is 3. The van der Waals surface area contributed by atoms with Gasteiger partial charge in [-0.3, -0.25) is 9.48 Å². The van der Waals surface area contributed by atoms with E-state index in [-0.39, 0.29) is 12.0 Å². The van der Waals surface area contributed by atoms with Crippen LogP contribution in [0.25, 0.3) is 0 Å². The summed E-state index contributed by atoms with van der Waals surface area (Å²) in [4.78, 5) is 16.3. The zero-order valence-electron chi connectivity index (χ0n) is 13.5. The highest BCUT2D eigenvalue weighted by Gasteiger charge is 2.21. The van der Waals surface area contributed by atoms with Crippen molar-refractivity contribution in [2.24, 2.45) is 0 Å². The minimum absolute atomic E-state index is 0.139. The quantitative estimate of drug-likeness (QED) is 0.778. The van der Waals surface area contributed by atoms with E-state index in [9.17, 15) is 4.79 Å². The number of anilines is 1. The maximum absolute atomic E-state index is 12.1. The van der Waals surface area contributed by atoms with Gasteiger partial charge in [-0.05, 0) is 19.1 Å². The number of hydrogen-bond acceptors (Lipinski definition) is 6. The van der Waals surface area contributed by atoms with E-state index in [0.29, 0.717) is 24.5 Å². The molecule has 25 heavy (non-hydrogen) atoms. The Hall–Kier alpha value is -2.87. The summed E-state index contributed by atoms with van der Waals surface area (Å²) >= 11 is 1.44. The van der Waals surface area contributed by atoms with Crippen molar-refractivity contribution in [2.75, 3.05) is 11.9 Å². The van der Waals surface area contributed by atoms with Gasteiger partial charge in [-0.25, -0.2) is 4.98 Å². The number of ether oxygens (including phenoxy) is 2. The molecule has 7 nitrogen and oxygen atoms in total. The van der Waals surface area contributed by atoms with Gasteiger partial charge in [0.2, 0.25) is 0 Å². The van der Waals surface area contributed by atoms with Crippen LogP contribution >= 0.6 is 11.3 Å². The van der Waals surface area contributed by atoms with Crippen molar-refractivity contribution in [3.63, 3.8) is 0 Å². The maximum atomic E-state index is 12.1. The number of aryl methyl sites for hydroxylation is 1. The number of thiazole rings is 1. The van der Waals surface area contributed by atoms with Crippen LogP contribution in [0, 0.1) is 6.92 Å². The van der Waals surface area contributed by atoms with E-state index < -0.39 is 0 Å². The lowest BCUT2D eigenvalue weighted by Crippen LogP contribution is -2.33. The van der Waals surface area contributed by atoms with Gasteiger partial charge in [-0.15, -0.1) is 11.3 Å². The van der Waals surface area contributed by atoms with Gasteiger partial charge in [0.25, 0.3) is 5.91 Å². The van der Waals surface area contributed by atoms with Gasteiger partial charge in [-0.2, -0.15) is 5.10 Å². The Morgan fingerprint density at radius 2 is 2.24 bits per heavy atom. The molecule has 0 aliphatic carbocycles. The first-order valence-corrected chi connectivity index (χ1v) is 8.70. The second kappa shape index (κ2) is 6.56. The summed E-state index contributed by atoms with van der Waals surface area (Å²) in [7, 11) is 0. The highest BCUT2D eigenvalue weighted by Crippen LogP contribution is 2.31. The van der Waals surface area contributed by atoms with Crippen LogP contribution in [-0.2, 0) is 6.54 Å². The lowest BCUT2D eigenvalue weighted by molar-refractivity contribution is 0.0759. The van der Waals surface area contributed by atoms with E-state index in [1.165, 1.54) is 11.3 Å². The van der Waals surface area contributed by atoms with Crippen molar-refractivity contribution in [3.8, 4) is 11.5 Å². The molecule has 1 aliphatic heterocycles. The molecule has 1 atom stereocenters. The molecule has 0 saturated carbocycles. The Kier molecular flexibility index (Phi) is 4.10. The van der Waals surface area contributed by atoms with E-state index in [4.69, 9.17) is 9.47 Å². The third-order valence-corrected chi connectivity index (χ3v) is 4.47. The van der Waals surface area contributed by atoms with Crippen molar-refractivity contribution in [2.45, 2.75) is 19.6 Å². The highest BCUT2D eigenvalue weighted by molar-refractivity contribution is 7.09. The van der Waals surface area contributed by atoms with Crippen molar-refractivity contribution in [1.82, 2.24) is 14.8 Å². The summed E-state index contributed by atoms with van der Waals surface area (Å²) < 4.78 is 13.3. The predicted octanol–water partition coefficient (Wildman–Crippen LogP) is 2.74. The summed E-state index contributed by atoms with van der Waals surface area (Å²) in [6.07, 6.45) is 3.23. The average molecular weight is 356 g/mol. The lowest BCUT2D eigenvalue weighted by atomic mass is 10.2. The number of rotatable bonds is 4. The van der Waals surface area contributed by atoms with Gasteiger partial charge in [0.15, 0.2) is 17.6 Å². The summed E-state index contributed by atoms with van der Waals surface area (Å²) in [5.41, 5.74) is 1.03. The molecule has 3 aromatic rings. The van der Waals surface area contributed by atoms with Crippen molar-refractivity contribution < 1.29 is 14.3 Å². The molecule has 128 valence electrons. The lowest BCUT2D eigenvalue weighted by Gasteiger charge is -2.26. The third kappa shape index (κ3) is 3.48. The zero-order valence-corrected chi connectivity index (χ0v) is 14.3. The number of nitrogens with one attached hydrogen (secondary N) is 1. The summed E-state index contributed by atoms with van der Waals surface area (Å²) in [6.45, 7) is 2.85. The van der Waals surface area contributed by atoms with E-state index in [2.05, 4.69) is 15.4 Å². The van der Waals surface area contributed by atoms with Crippen LogP contribution in [-0.4, -0.2) is 33.4 Å². The fraction of sp³-hybridized carbons (Fsp3) is 0.235. The normalized spacial score (nSPS) is 15.8. The zero-order chi connectivity index (χ0) is 17.2. The van der Waals surface area contributed by atoms with E-state index >= 15 is 0 Å². The molecule has 0 bridgehead atoms. The molecule has 3 heterocycles. The molecule has 1 N–H and O–H groups in total. The number of carbonyl (C=O) groups excluding carboxylic acids is 1. The van der Waals surface area contributed by atoms with Crippen LogP contribution in [0.4, 0.5) is 5.69 Å². The van der Waals surface area contributed by atoms with Gasteiger partial charge >= 0.3 is 0 Å². The van der Waals surface area contributed by atoms with E-state index in [1.807, 2.05) is 31.2 Å². The average Bonchev–Trinajstić information content (AvgIpc) is 3.24. The van der Waals surface area contributed by atoms with Crippen LogP contribution in [0.1, 0.15) is 15.5 Å². The third-order valence-electron chi connectivity index (χ3n) is 3.70. The monoisotopic (exact) mass is 356 g/mol. The van der Waals surface area contributed by atoms with E-state index in [0.717, 1.165) is 16.5 Å². The van der Waals surface area contributed by atoms with Crippen LogP contribution in [0.2, 0.25) is 0 Å². The summed E-state index contributed by atoms with van der Waals surface area (Å²) in [5.74, 6) is 1.25. The standard InChI is InChI=1S/C17H16N4O3S/c1-11-19-14(10-25-11)17(22)20-12-6-18-21(7-12)8-13-9-23-15-4-2-3-5-16(15)24-13/h2-7,10,13H,8-9H2,1H3,(H,20,22). The van der Waals surface area contributed by atoms with Gasteiger partial charge in [-0.1, -0.05) is 12.1 Å². The molecule has 0 saturated heterocycles. The molecule has 1 aromatic carbocycles. The first-order chi connectivity index (χ1) is 12.2. The molecule has 0 radical (unpaired) electrons. The SMILES string of the molecule is Cc1nc(C(=O)Nc2cnn(CC3COc4ccccc4O3)c2)cs1. The summed E-state index contributed by atoms with van der Waals surface area (Å²) in [6, 6.07) is 7.58. The Morgan fingerprint density at radius 1 is 1.40 bits per heavy atom. The molecule has 1 aliphatic rings. The first-order valence-electron chi connectivity index (χ1n) is 7.82.